The molecule has 3 N–H and O–H groups in total. The number of rotatable bonds is 6. The molecule has 0 saturated carbocycles. The fourth-order valence-corrected chi connectivity index (χ4v) is 2.33. The highest BCUT2D eigenvalue weighted by molar-refractivity contribution is 7.99. The van der Waals surface area contributed by atoms with Crippen molar-refractivity contribution in [3.05, 3.63) is 18.2 Å². The molecule has 0 aliphatic carbocycles. The number of nitrogens with two attached hydrogens (primary N) is 1. The molecule has 5 nitrogen and oxygen atoms in total. The minimum atomic E-state index is -0.00239. The first kappa shape index (κ1) is 14.7. The molecule has 1 aromatic heterocycles. The van der Waals surface area contributed by atoms with E-state index in [1.54, 1.807) is 18.2 Å². The molecule has 1 aromatic carbocycles. The highest BCUT2D eigenvalue weighted by Crippen LogP contribution is 2.24. The number of anilines is 1. The Hall–Kier alpha value is -1.69. The number of benzene rings is 1. The van der Waals surface area contributed by atoms with Crippen molar-refractivity contribution in [1.82, 2.24) is 10.3 Å². The molecule has 20 heavy (non-hydrogen) atoms. The van der Waals surface area contributed by atoms with Crippen LogP contribution < -0.4 is 11.1 Å². The summed E-state index contributed by atoms with van der Waals surface area (Å²) in [6, 6.07) is 5.31. The maximum Gasteiger partial charge on any atom is 0.257 e. The maximum absolute atomic E-state index is 11.6. The Labute approximate surface area is 122 Å². The van der Waals surface area contributed by atoms with Crippen LogP contribution in [-0.4, -0.2) is 23.2 Å². The van der Waals surface area contributed by atoms with Gasteiger partial charge in [-0.05, 0) is 24.5 Å². The molecule has 0 aliphatic heterocycles. The van der Waals surface area contributed by atoms with Crippen LogP contribution in [0.4, 0.5) is 5.69 Å². The summed E-state index contributed by atoms with van der Waals surface area (Å²) in [5.41, 5.74) is 7.71. The Morgan fingerprint density at radius 2 is 2.30 bits per heavy atom. The molecule has 0 unspecified atom stereocenters. The highest BCUT2D eigenvalue weighted by Gasteiger charge is 2.09. The quantitative estimate of drug-likeness (QED) is 0.632. The molecule has 6 heteroatoms. The molecular weight excluding hydrogens is 274 g/mol. The van der Waals surface area contributed by atoms with Gasteiger partial charge in [-0.3, -0.25) is 4.79 Å². The summed E-state index contributed by atoms with van der Waals surface area (Å²) < 4.78 is 5.53. The van der Waals surface area contributed by atoms with E-state index in [4.69, 9.17) is 10.2 Å². The van der Waals surface area contributed by atoms with E-state index in [0.717, 1.165) is 11.9 Å². The average Bonchev–Trinajstić information content (AvgIpc) is 2.77. The fourth-order valence-electron chi connectivity index (χ4n) is 1.66. The van der Waals surface area contributed by atoms with Crippen molar-refractivity contribution in [2.75, 3.05) is 18.0 Å². The summed E-state index contributed by atoms with van der Waals surface area (Å²) in [5.74, 6) is 0.892. The highest BCUT2D eigenvalue weighted by atomic mass is 32.2. The smallest absolute Gasteiger partial charge is 0.257 e. The zero-order valence-electron chi connectivity index (χ0n) is 11.7. The van der Waals surface area contributed by atoms with Gasteiger partial charge in [-0.1, -0.05) is 25.6 Å². The van der Waals surface area contributed by atoms with E-state index in [9.17, 15) is 4.79 Å². The summed E-state index contributed by atoms with van der Waals surface area (Å²) in [4.78, 5) is 15.9. The monoisotopic (exact) mass is 293 g/mol. The number of amides is 1. The molecule has 0 aliphatic rings. The van der Waals surface area contributed by atoms with Crippen molar-refractivity contribution in [3.63, 3.8) is 0 Å². The lowest BCUT2D eigenvalue weighted by Crippen LogP contribution is -2.26. The molecule has 2 rings (SSSR count). The van der Waals surface area contributed by atoms with Gasteiger partial charge in [-0.25, -0.2) is 4.98 Å². The van der Waals surface area contributed by atoms with E-state index in [2.05, 4.69) is 24.1 Å². The lowest BCUT2D eigenvalue weighted by atomic mass is 10.1. The van der Waals surface area contributed by atoms with Gasteiger partial charge in [0.05, 0.1) is 5.75 Å². The topological polar surface area (TPSA) is 81.2 Å². The van der Waals surface area contributed by atoms with Crippen molar-refractivity contribution >= 4 is 34.5 Å². The molecule has 0 atom stereocenters. The molecule has 1 amide bonds. The first-order valence-electron chi connectivity index (χ1n) is 6.60. The van der Waals surface area contributed by atoms with Gasteiger partial charge < -0.3 is 15.5 Å². The summed E-state index contributed by atoms with van der Waals surface area (Å²) in [5, 5.41) is 3.37. The normalized spacial score (nSPS) is 11.2. The molecule has 0 saturated heterocycles. The molecule has 0 radical (unpaired) electrons. The van der Waals surface area contributed by atoms with Crippen LogP contribution in [0.15, 0.2) is 27.8 Å². The number of carbonyl (C=O) groups excluding carboxylic acids is 1. The Kier molecular flexibility index (Phi) is 4.89. The predicted molar refractivity (Wildman–Crippen MR) is 81.6 cm³/mol. The fraction of sp³-hybridized carbons (Fsp3) is 0.429. The molecular formula is C14H19N3O2S. The molecule has 1 heterocycles. The zero-order chi connectivity index (χ0) is 14.5. The number of thioether (sulfide) groups is 1. The molecule has 0 bridgehead atoms. The number of hydrogen-bond donors (Lipinski definition) is 2. The number of fused-ring (bicyclic) bond motifs is 1. The number of aromatic nitrogens is 1. The molecule has 2 aromatic rings. The van der Waals surface area contributed by atoms with Crippen molar-refractivity contribution in [2.24, 2.45) is 5.92 Å². The average molecular weight is 293 g/mol. The number of oxazole rings is 1. The Balaban J connectivity index is 1.84. The first-order valence-corrected chi connectivity index (χ1v) is 7.58. The third-order valence-corrected chi connectivity index (χ3v) is 3.59. The SMILES string of the molecule is CC(C)CCNC(=O)CSc1nc2ccc(N)cc2o1. The van der Waals surface area contributed by atoms with E-state index in [1.165, 1.54) is 11.8 Å². The molecule has 0 fully saturated rings. The van der Waals surface area contributed by atoms with Crippen LogP contribution in [-0.2, 0) is 4.79 Å². The third kappa shape index (κ3) is 4.16. The van der Waals surface area contributed by atoms with Gasteiger partial charge in [0, 0.05) is 18.3 Å². The van der Waals surface area contributed by atoms with Gasteiger partial charge >= 0.3 is 0 Å². The Morgan fingerprint density at radius 3 is 3.05 bits per heavy atom. The lowest BCUT2D eigenvalue weighted by molar-refractivity contribution is -0.118. The molecule has 108 valence electrons. The van der Waals surface area contributed by atoms with Crippen molar-refractivity contribution in [2.45, 2.75) is 25.5 Å². The molecule has 0 spiro atoms. The number of nitrogens with zero attached hydrogens (tertiary/aromatic N) is 1. The van der Waals surface area contributed by atoms with Gasteiger partial charge in [0.15, 0.2) is 5.58 Å². The summed E-state index contributed by atoms with van der Waals surface area (Å²) in [6.07, 6.45) is 0.985. The first-order chi connectivity index (χ1) is 9.54. The summed E-state index contributed by atoms with van der Waals surface area (Å²) in [7, 11) is 0. The maximum atomic E-state index is 11.6. The Morgan fingerprint density at radius 1 is 1.50 bits per heavy atom. The van der Waals surface area contributed by atoms with E-state index in [-0.39, 0.29) is 5.91 Å². The van der Waals surface area contributed by atoms with Crippen LogP contribution in [0.25, 0.3) is 11.1 Å². The van der Waals surface area contributed by atoms with Crippen molar-refractivity contribution < 1.29 is 9.21 Å². The minimum absolute atomic E-state index is 0.00239. The second-order valence-corrected chi connectivity index (χ2v) is 5.95. The van der Waals surface area contributed by atoms with Crippen LogP contribution in [0.1, 0.15) is 20.3 Å². The summed E-state index contributed by atoms with van der Waals surface area (Å²) >= 11 is 1.29. The number of nitrogen functional groups attached to an aromatic ring is 1. The predicted octanol–water partition coefficient (Wildman–Crippen LogP) is 2.66. The zero-order valence-corrected chi connectivity index (χ0v) is 12.5. The van der Waals surface area contributed by atoms with E-state index in [0.29, 0.717) is 34.7 Å². The second kappa shape index (κ2) is 6.65. The van der Waals surface area contributed by atoms with E-state index >= 15 is 0 Å². The standard InChI is InChI=1S/C14H19N3O2S/c1-9(2)5-6-16-13(18)8-20-14-17-11-4-3-10(15)7-12(11)19-14/h3-4,7,9H,5-6,8,15H2,1-2H3,(H,16,18). The van der Waals surface area contributed by atoms with Gasteiger partial charge in [-0.15, -0.1) is 0 Å². The van der Waals surface area contributed by atoms with Gasteiger partial charge in [0.25, 0.3) is 5.22 Å². The van der Waals surface area contributed by atoms with E-state index < -0.39 is 0 Å². The van der Waals surface area contributed by atoms with Crippen LogP contribution >= 0.6 is 11.8 Å². The number of hydrogen-bond acceptors (Lipinski definition) is 5. The van der Waals surface area contributed by atoms with Crippen LogP contribution in [0, 0.1) is 5.92 Å². The van der Waals surface area contributed by atoms with Gasteiger partial charge in [0.1, 0.15) is 5.52 Å². The Bertz CT molecular complexity index is 595. The second-order valence-electron chi connectivity index (χ2n) is 5.03. The third-order valence-electron chi connectivity index (χ3n) is 2.76. The van der Waals surface area contributed by atoms with Crippen LogP contribution in [0.3, 0.4) is 0 Å². The van der Waals surface area contributed by atoms with Gasteiger partial charge in [-0.2, -0.15) is 0 Å². The van der Waals surface area contributed by atoms with Gasteiger partial charge in [0.2, 0.25) is 5.91 Å². The van der Waals surface area contributed by atoms with Crippen LogP contribution in [0.5, 0.6) is 0 Å². The van der Waals surface area contributed by atoms with Crippen molar-refractivity contribution in [1.29, 1.82) is 0 Å². The van der Waals surface area contributed by atoms with Crippen molar-refractivity contribution in [3.8, 4) is 0 Å². The van der Waals surface area contributed by atoms with Crippen LogP contribution in [0.2, 0.25) is 0 Å². The summed E-state index contributed by atoms with van der Waals surface area (Å²) in [6.45, 7) is 4.97. The van der Waals surface area contributed by atoms with E-state index in [1.807, 2.05) is 0 Å². The number of nitrogens with one attached hydrogen (secondary N) is 1. The minimum Gasteiger partial charge on any atom is -0.431 e. The lowest BCUT2D eigenvalue weighted by Gasteiger charge is -2.05. The number of carbonyl (C=O) groups is 1. The largest absolute Gasteiger partial charge is 0.431 e.